The molecule has 0 aliphatic rings. The van der Waals surface area contributed by atoms with Gasteiger partial charge in [0.15, 0.2) is 0 Å². The Bertz CT molecular complexity index is 827. The zero-order valence-electron chi connectivity index (χ0n) is 10.6. The lowest BCUT2D eigenvalue weighted by Crippen LogP contribution is -2.14. The van der Waals surface area contributed by atoms with Crippen molar-refractivity contribution in [2.45, 2.75) is 11.8 Å². The van der Waals surface area contributed by atoms with Gasteiger partial charge in [-0.15, -0.1) is 0 Å². The number of aryl methyl sites for hydroxylation is 1. The van der Waals surface area contributed by atoms with Gasteiger partial charge in [-0.05, 0) is 42.3 Å². The summed E-state index contributed by atoms with van der Waals surface area (Å²) < 4.78 is 26.7. The third-order valence-corrected chi connectivity index (χ3v) is 4.25. The zero-order chi connectivity index (χ0) is 15.6. The molecule has 2 aromatic rings. The second kappa shape index (κ2) is 5.85. The fourth-order valence-electron chi connectivity index (χ4n) is 1.57. The summed E-state index contributed by atoms with van der Waals surface area (Å²) in [6.07, 6.45) is 0. The van der Waals surface area contributed by atoms with E-state index in [1.54, 1.807) is 6.92 Å². The molecule has 1 aromatic heterocycles. The van der Waals surface area contributed by atoms with Crippen LogP contribution in [0.1, 0.15) is 11.1 Å². The van der Waals surface area contributed by atoms with Crippen LogP contribution in [0.4, 0.5) is 5.82 Å². The van der Waals surface area contributed by atoms with Gasteiger partial charge in [-0.1, -0.05) is 11.6 Å². The summed E-state index contributed by atoms with van der Waals surface area (Å²) in [5.41, 5.74) is 0.959. The Hall–Kier alpha value is -1.88. The molecule has 6 nitrogen and oxygen atoms in total. The van der Waals surface area contributed by atoms with Crippen LogP contribution in [0.25, 0.3) is 0 Å². The van der Waals surface area contributed by atoms with Gasteiger partial charge in [0.1, 0.15) is 11.0 Å². The predicted octanol–water partition coefficient (Wildman–Crippen LogP) is 2.76. The van der Waals surface area contributed by atoms with Gasteiger partial charge in [-0.25, -0.2) is 13.4 Å². The van der Waals surface area contributed by atoms with Gasteiger partial charge in [0.05, 0.1) is 16.5 Å². The van der Waals surface area contributed by atoms with E-state index in [2.05, 4.69) is 14.7 Å². The Kier molecular flexibility index (Phi) is 4.32. The maximum absolute atomic E-state index is 12.2. The van der Waals surface area contributed by atoms with Gasteiger partial charge in [-0.2, -0.15) is 10.2 Å². The summed E-state index contributed by atoms with van der Waals surface area (Å²) in [5.74, 6) is -0.0398. The van der Waals surface area contributed by atoms with Crippen LogP contribution in [0.5, 0.6) is 0 Å². The van der Waals surface area contributed by atoms with Gasteiger partial charge >= 0.3 is 0 Å². The van der Waals surface area contributed by atoms with Crippen LogP contribution in [-0.4, -0.2) is 18.4 Å². The second-order valence-corrected chi connectivity index (χ2v) is 6.45. The number of benzene rings is 1. The van der Waals surface area contributed by atoms with Crippen LogP contribution in [-0.2, 0) is 10.0 Å². The topological polar surface area (TPSA) is 95.7 Å². The van der Waals surface area contributed by atoms with Gasteiger partial charge in [0, 0.05) is 6.07 Å². The smallest absolute Gasteiger partial charge is 0.263 e. The molecule has 0 saturated carbocycles. The van der Waals surface area contributed by atoms with Gasteiger partial charge in [0.25, 0.3) is 10.0 Å². The third kappa shape index (κ3) is 3.61. The first kappa shape index (κ1) is 15.5. The van der Waals surface area contributed by atoms with E-state index in [-0.39, 0.29) is 21.2 Å². The van der Waals surface area contributed by atoms with Crippen molar-refractivity contribution in [3.05, 3.63) is 45.8 Å². The van der Waals surface area contributed by atoms with E-state index in [1.165, 1.54) is 24.3 Å². The molecule has 0 atom stereocenters. The number of nitrogens with one attached hydrogen (secondary N) is 1. The highest BCUT2D eigenvalue weighted by Gasteiger charge is 2.17. The lowest BCUT2D eigenvalue weighted by Gasteiger charge is -2.08. The van der Waals surface area contributed by atoms with E-state index in [9.17, 15) is 8.42 Å². The molecule has 2 rings (SSSR count). The maximum Gasteiger partial charge on any atom is 0.263 e. The van der Waals surface area contributed by atoms with Crippen LogP contribution in [0.2, 0.25) is 10.4 Å². The number of rotatable bonds is 3. The van der Waals surface area contributed by atoms with E-state index >= 15 is 0 Å². The Morgan fingerprint density at radius 3 is 2.52 bits per heavy atom. The summed E-state index contributed by atoms with van der Waals surface area (Å²) in [7, 11) is -3.86. The molecular weight excluding hydrogens is 335 g/mol. The second-order valence-electron chi connectivity index (χ2n) is 4.04. The number of halogens is 2. The number of anilines is 1. The molecule has 0 bridgehead atoms. The molecule has 0 unspecified atom stereocenters. The molecule has 0 radical (unpaired) electrons. The third-order valence-electron chi connectivity index (χ3n) is 2.54. The van der Waals surface area contributed by atoms with E-state index < -0.39 is 10.0 Å². The molecule has 0 amide bonds. The number of hydrogen-bond acceptors (Lipinski definition) is 5. The van der Waals surface area contributed by atoms with Crippen molar-refractivity contribution in [1.29, 1.82) is 5.26 Å². The maximum atomic E-state index is 12.2. The average molecular weight is 343 g/mol. The fourth-order valence-corrected chi connectivity index (χ4v) is 3.05. The molecule has 0 fully saturated rings. The van der Waals surface area contributed by atoms with Crippen molar-refractivity contribution in [3.8, 4) is 6.07 Å². The van der Waals surface area contributed by atoms with E-state index in [1.807, 2.05) is 6.07 Å². The summed E-state index contributed by atoms with van der Waals surface area (Å²) >= 11 is 11.3. The van der Waals surface area contributed by atoms with E-state index in [0.29, 0.717) is 11.1 Å². The van der Waals surface area contributed by atoms with Gasteiger partial charge in [0.2, 0.25) is 5.28 Å². The fraction of sp³-hybridized carbons (Fsp3) is 0.0833. The zero-order valence-corrected chi connectivity index (χ0v) is 13.0. The molecular formula is C12H8Cl2N4O2S. The standard InChI is InChI=1S/C12H8Cl2N4O2S/c1-7-4-9(3-2-8(7)6-15)21(19,20)18-11-5-10(13)16-12(14)17-11/h2-5H,1H3,(H,16,17,18). The van der Waals surface area contributed by atoms with Crippen LogP contribution in [0, 0.1) is 18.3 Å². The number of hydrogen-bond donors (Lipinski definition) is 1. The molecule has 108 valence electrons. The number of nitriles is 1. The Labute approximate surface area is 131 Å². The van der Waals surface area contributed by atoms with Crippen molar-refractivity contribution in [2.75, 3.05) is 4.72 Å². The minimum Gasteiger partial charge on any atom is -0.263 e. The van der Waals surface area contributed by atoms with Crippen LogP contribution >= 0.6 is 23.2 Å². The molecule has 1 aromatic carbocycles. The summed E-state index contributed by atoms with van der Waals surface area (Å²) in [5, 5.41) is 8.69. The molecule has 0 spiro atoms. The van der Waals surface area contributed by atoms with Crippen molar-refractivity contribution < 1.29 is 8.42 Å². The summed E-state index contributed by atoms with van der Waals surface area (Å²) in [6, 6.07) is 7.37. The Balaban J connectivity index is 2.39. The van der Waals surface area contributed by atoms with Gasteiger partial charge < -0.3 is 0 Å². The molecule has 0 aliphatic heterocycles. The van der Waals surface area contributed by atoms with Crippen LogP contribution in [0.15, 0.2) is 29.2 Å². The first-order valence-corrected chi connectivity index (χ1v) is 7.79. The molecule has 9 heteroatoms. The quantitative estimate of drug-likeness (QED) is 0.683. The highest BCUT2D eigenvalue weighted by molar-refractivity contribution is 7.92. The highest BCUT2D eigenvalue weighted by atomic mass is 35.5. The van der Waals surface area contributed by atoms with Crippen LogP contribution < -0.4 is 4.72 Å². The van der Waals surface area contributed by atoms with Gasteiger partial charge in [-0.3, -0.25) is 4.72 Å². The normalized spacial score (nSPS) is 11.0. The number of nitrogens with zero attached hydrogens (tertiary/aromatic N) is 3. The first-order chi connectivity index (χ1) is 9.81. The van der Waals surface area contributed by atoms with Crippen molar-refractivity contribution in [2.24, 2.45) is 0 Å². The molecule has 21 heavy (non-hydrogen) atoms. The van der Waals surface area contributed by atoms with Crippen LogP contribution in [0.3, 0.4) is 0 Å². The lowest BCUT2D eigenvalue weighted by molar-refractivity contribution is 0.601. The number of sulfonamides is 1. The average Bonchev–Trinajstić information content (AvgIpc) is 2.36. The summed E-state index contributed by atoms with van der Waals surface area (Å²) in [6.45, 7) is 1.65. The first-order valence-electron chi connectivity index (χ1n) is 5.55. The predicted molar refractivity (Wildman–Crippen MR) is 78.8 cm³/mol. The molecule has 1 heterocycles. The largest absolute Gasteiger partial charge is 0.263 e. The van der Waals surface area contributed by atoms with Crippen molar-refractivity contribution in [3.63, 3.8) is 0 Å². The SMILES string of the molecule is Cc1cc(S(=O)(=O)Nc2cc(Cl)nc(Cl)n2)ccc1C#N. The Morgan fingerprint density at radius 2 is 1.95 bits per heavy atom. The van der Waals surface area contributed by atoms with E-state index in [0.717, 1.165) is 0 Å². The molecule has 1 N–H and O–H groups in total. The lowest BCUT2D eigenvalue weighted by atomic mass is 10.1. The van der Waals surface area contributed by atoms with Crippen molar-refractivity contribution >= 4 is 39.0 Å². The Morgan fingerprint density at radius 1 is 1.24 bits per heavy atom. The molecule has 0 saturated heterocycles. The number of aromatic nitrogens is 2. The minimum atomic E-state index is -3.86. The monoisotopic (exact) mass is 342 g/mol. The van der Waals surface area contributed by atoms with Crippen molar-refractivity contribution in [1.82, 2.24) is 9.97 Å². The summed E-state index contributed by atoms with van der Waals surface area (Å²) in [4.78, 5) is 7.36. The van der Waals surface area contributed by atoms with E-state index in [4.69, 9.17) is 28.5 Å². The molecule has 0 aliphatic carbocycles. The minimum absolute atomic E-state index is 0.00450. The highest BCUT2D eigenvalue weighted by Crippen LogP contribution is 2.20.